The maximum atomic E-state index is 13.7. The van der Waals surface area contributed by atoms with Crippen molar-refractivity contribution in [1.82, 2.24) is 5.32 Å². The molecule has 0 radical (unpaired) electrons. The lowest BCUT2D eigenvalue weighted by atomic mass is 9.97. The molecule has 0 spiro atoms. The molecule has 6 nitrogen and oxygen atoms in total. The van der Waals surface area contributed by atoms with Crippen LogP contribution in [0.5, 0.6) is 5.75 Å². The van der Waals surface area contributed by atoms with E-state index in [1.807, 2.05) is 38.1 Å². The topological polar surface area (TPSA) is 75.7 Å². The highest BCUT2D eigenvalue weighted by Gasteiger charge is 2.28. The minimum Gasteiger partial charge on any atom is -0.497 e. The average molecular weight is 529 g/mol. The quantitative estimate of drug-likeness (QED) is 0.347. The van der Waals surface area contributed by atoms with Gasteiger partial charge in [-0.25, -0.2) is 8.42 Å². The molecule has 192 valence electrons. The van der Waals surface area contributed by atoms with Crippen molar-refractivity contribution in [3.8, 4) is 5.75 Å². The second kappa shape index (κ2) is 11.8. The maximum absolute atomic E-state index is 13.7. The van der Waals surface area contributed by atoms with Gasteiger partial charge < -0.3 is 10.1 Å². The van der Waals surface area contributed by atoms with Crippen LogP contribution in [0.2, 0.25) is 5.02 Å². The Hall–Kier alpha value is -3.03. The van der Waals surface area contributed by atoms with Crippen molar-refractivity contribution in [2.24, 2.45) is 5.92 Å². The van der Waals surface area contributed by atoms with E-state index >= 15 is 0 Å². The summed E-state index contributed by atoms with van der Waals surface area (Å²) in [7, 11) is -2.43. The Labute approximate surface area is 219 Å². The third kappa shape index (κ3) is 6.80. The van der Waals surface area contributed by atoms with E-state index in [0.717, 1.165) is 26.7 Å². The van der Waals surface area contributed by atoms with E-state index in [4.69, 9.17) is 16.3 Å². The molecular formula is C28H33ClN2O4S. The van der Waals surface area contributed by atoms with Crippen LogP contribution in [0.15, 0.2) is 71.6 Å². The van der Waals surface area contributed by atoms with E-state index in [-0.39, 0.29) is 17.5 Å². The Morgan fingerprint density at radius 3 is 2.19 bits per heavy atom. The minimum absolute atomic E-state index is 0.103. The molecule has 0 fully saturated rings. The van der Waals surface area contributed by atoms with Gasteiger partial charge in [-0.15, -0.1) is 0 Å². The number of carbonyl (C=O) groups excluding carboxylic acids is 1. The lowest BCUT2D eigenvalue weighted by Crippen LogP contribution is -2.42. The molecule has 36 heavy (non-hydrogen) atoms. The number of benzene rings is 3. The molecule has 3 rings (SSSR count). The van der Waals surface area contributed by atoms with E-state index in [1.165, 1.54) is 0 Å². The SMILES string of the molecule is COc1ccc(C(CC(C)C)NC(=O)CN(c2ccc(C)c(Cl)c2)S(=O)(=O)c2ccc(C)cc2)cc1. The van der Waals surface area contributed by atoms with Gasteiger partial charge in [0, 0.05) is 5.02 Å². The van der Waals surface area contributed by atoms with Gasteiger partial charge in [-0.1, -0.05) is 61.3 Å². The molecule has 3 aromatic rings. The highest BCUT2D eigenvalue weighted by molar-refractivity contribution is 7.92. The molecule has 0 aliphatic heterocycles. The molecule has 1 amide bonds. The van der Waals surface area contributed by atoms with Gasteiger partial charge in [0.1, 0.15) is 12.3 Å². The standard InChI is InChI=1S/C28H33ClN2O4S/c1-19(2)16-27(22-9-12-24(35-5)13-10-22)30-28(32)18-31(23-11-8-21(4)26(29)17-23)36(33,34)25-14-6-20(3)7-15-25/h6-15,17,19,27H,16,18H2,1-5H3,(H,30,32). The first kappa shape index (κ1) is 27.6. The predicted molar refractivity (Wildman–Crippen MR) is 145 cm³/mol. The molecule has 1 N–H and O–H groups in total. The third-order valence-electron chi connectivity index (χ3n) is 5.90. The number of hydrogen-bond acceptors (Lipinski definition) is 4. The Kier molecular flexibility index (Phi) is 9.03. The maximum Gasteiger partial charge on any atom is 0.264 e. The Morgan fingerprint density at radius 1 is 1.00 bits per heavy atom. The number of hydrogen-bond donors (Lipinski definition) is 1. The number of anilines is 1. The molecule has 0 heterocycles. The van der Waals surface area contributed by atoms with Crippen LogP contribution in [0.1, 0.15) is 43.0 Å². The van der Waals surface area contributed by atoms with Crippen molar-refractivity contribution >= 4 is 33.2 Å². The van der Waals surface area contributed by atoms with Gasteiger partial charge >= 0.3 is 0 Å². The fourth-order valence-corrected chi connectivity index (χ4v) is 5.43. The van der Waals surface area contributed by atoms with E-state index in [2.05, 4.69) is 19.2 Å². The summed E-state index contributed by atoms with van der Waals surface area (Å²) in [5.41, 5.74) is 3.00. The predicted octanol–water partition coefficient (Wildman–Crippen LogP) is 6.06. The summed E-state index contributed by atoms with van der Waals surface area (Å²) in [6.45, 7) is 7.48. The number of ether oxygens (including phenoxy) is 1. The highest BCUT2D eigenvalue weighted by atomic mass is 35.5. The van der Waals surface area contributed by atoms with Crippen molar-refractivity contribution in [2.75, 3.05) is 18.0 Å². The lowest BCUT2D eigenvalue weighted by molar-refractivity contribution is -0.120. The average Bonchev–Trinajstić information content (AvgIpc) is 2.84. The van der Waals surface area contributed by atoms with Gasteiger partial charge in [-0.05, 0) is 73.7 Å². The monoisotopic (exact) mass is 528 g/mol. The first-order valence-corrected chi connectivity index (χ1v) is 13.6. The molecule has 1 unspecified atom stereocenters. The van der Waals surface area contributed by atoms with Crippen molar-refractivity contribution in [2.45, 2.75) is 45.1 Å². The normalized spacial score (nSPS) is 12.3. The first-order valence-electron chi connectivity index (χ1n) is 11.8. The van der Waals surface area contributed by atoms with Gasteiger partial charge in [0.15, 0.2) is 0 Å². The Morgan fingerprint density at radius 2 is 1.64 bits per heavy atom. The van der Waals surface area contributed by atoms with Crippen LogP contribution in [0.25, 0.3) is 0 Å². The smallest absolute Gasteiger partial charge is 0.264 e. The number of rotatable bonds is 10. The molecule has 0 saturated heterocycles. The zero-order valence-electron chi connectivity index (χ0n) is 21.3. The van der Waals surface area contributed by atoms with Gasteiger partial charge in [0.2, 0.25) is 5.91 Å². The van der Waals surface area contributed by atoms with E-state index < -0.39 is 15.9 Å². The van der Waals surface area contributed by atoms with Crippen LogP contribution in [0.4, 0.5) is 5.69 Å². The summed E-state index contributed by atoms with van der Waals surface area (Å²) in [6, 6.07) is 18.8. The largest absolute Gasteiger partial charge is 0.497 e. The minimum atomic E-state index is -4.03. The fraction of sp³-hybridized carbons (Fsp3) is 0.321. The fourth-order valence-electron chi connectivity index (χ4n) is 3.85. The van der Waals surface area contributed by atoms with Crippen molar-refractivity contribution in [3.63, 3.8) is 0 Å². The second-order valence-corrected chi connectivity index (χ2v) is 11.6. The van der Waals surface area contributed by atoms with Crippen molar-refractivity contribution in [3.05, 3.63) is 88.4 Å². The number of nitrogens with zero attached hydrogens (tertiary/aromatic N) is 1. The van der Waals surface area contributed by atoms with Crippen LogP contribution in [0.3, 0.4) is 0 Å². The summed E-state index contributed by atoms with van der Waals surface area (Å²) in [6.07, 6.45) is 0.694. The number of nitrogens with one attached hydrogen (secondary N) is 1. The summed E-state index contributed by atoms with van der Waals surface area (Å²) in [5.74, 6) is 0.615. The summed E-state index contributed by atoms with van der Waals surface area (Å²) in [4.78, 5) is 13.4. The van der Waals surface area contributed by atoms with E-state index in [1.54, 1.807) is 49.6 Å². The van der Waals surface area contributed by atoms with Crippen LogP contribution < -0.4 is 14.4 Å². The lowest BCUT2D eigenvalue weighted by Gasteiger charge is -2.27. The van der Waals surface area contributed by atoms with Gasteiger partial charge in [-0.3, -0.25) is 9.10 Å². The molecule has 0 saturated carbocycles. The summed E-state index contributed by atoms with van der Waals surface area (Å²) in [5, 5.41) is 3.47. The van der Waals surface area contributed by atoms with Gasteiger partial charge in [-0.2, -0.15) is 0 Å². The van der Waals surface area contributed by atoms with Crippen LogP contribution >= 0.6 is 11.6 Å². The van der Waals surface area contributed by atoms with E-state index in [9.17, 15) is 13.2 Å². The van der Waals surface area contributed by atoms with Crippen molar-refractivity contribution in [1.29, 1.82) is 0 Å². The molecule has 1 atom stereocenters. The molecule has 0 aliphatic carbocycles. The number of amides is 1. The Bertz CT molecular complexity index is 1290. The molecule has 0 aromatic heterocycles. The van der Waals surface area contributed by atoms with Crippen LogP contribution in [0, 0.1) is 19.8 Å². The van der Waals surface area contributed by atoms with Crippen molar-refractivity contribution < 1.29 is 17.9 Å². The van der Waals surface area contributed by atoms with Crippen LogP contribution in [-0.4, -0.2) is 28.0 Å². The molecular weight excluding hydrogens is 496 g/mol. The van der Waals surface area contributed by atoms with Crippen LogP contribution in [-0.2, 0) is 14.8 Å². The zero-order chi connectivity index (χ0) is 26.5. The molecule has 0 aliphatic rings. The number of sulfonamides is 1. The molecule has 8 heteroatoms. The number of halogens is 1. The van der Waals surface area contributed by atoms with Gasteiger partial charge in [0.05, 0.1) is 23.7 Å². The third-order valence-corrected chi connectivity index (χ3v) is 8.10. The summed E-state index contributed by atoms with van der Waals surface area (Å²) < 4.78 is 33.7. The molecule has 3 aromatic carbocycles. The Balaban J connectivity index is 1.94. The number of aryl methyl sites for hydroxylation is 2. The molecule has 0 bridgehead atoms. The second-order valence-electron chi connectivity index (χ2n) is 9.28. The number of methoxy groups -OCH3 is 1. The number of carbonyl (C=O) groups is 1. The first-order chi connectivity index (χ1) is 17.0. The van der Waals surface area contributed by atoms with E-state index in [0.29, 0.717) is 23.0 Å². The zero-order valence-corrected chi connectivity index (χ0v) is 22.9. The summed E-state index contributed by atoms with van der Waals surface area (Å²) >= 11 is 6.33. The van der Waals surface area contributed by atoms with Gasteiger partial charge in [0.25, 0.3) is 10.0 Å². The highest BCUT2D eigenvalue weighted by Crippen LogP contribution is 2.29.